The first-order chi connectivity index (χ1) is 11.1. The zero-order chi connectivity index (χ0) is 17.1. The predicted molar refractivity (Wildman–Crippen MR) is 96.2 cm³/mol. The molecule has 23 heavy (non-hydrogen) atoms. The molecule has 0 aromatic heterocycles. The number of hydrogen-bond acceptors (Lipinski definition) is 2. The summed E-state index contributed by atoms with van der Waals surface area (Å²) in [7, 11) is 0. The van der Waals surface area contributed by atoms with Crippen LogP contribution in [-0.4, -0.2) is 12.6 Å². The number of ether oxygens (including phenoxy) is 1. The first kappa shape index (κ1) is 18.5. The Kier molecular flexibility index (Phi) is 8.24. The van der Waals surface area contributed by atoms with Crippen molar-refractivity contribution >= 4 is 5.97 Å². The summed E-state index contributed by atoms with van der Waals surface area (Å²) in [5, 5.41) is 0. The molecule has 2 heteroatoms. The maximum Gasteiger partial charge on any atom is 0.338 e. The van der Waals surface area contributed by atoms with Crippen molar-refractivity contribution in [2.45, 2.75) is 34.1 Å². The Hall–Kier alpha value is -2.53. The summed E-state index contributed by atoms with van der Waals surface area (Å²) < 4.78 is 4.95. The molecule has 0 aliphatic rings. The Morgan fingerprint density at radius 3 is 2.39 bits per heavy atom. The van der Waals surface area contributed by atoms with Crippen molar-refractivity contribution in [2.75, 3.05) is 6.61 Å². The monoisotopic (exact) mass is 308 g/mol. The van der Waals surface area contributed by atoms with Gasteiger partial charge in [0.25, 0.3) is 0 Å². The van der Waals surface area contributed by atoms with E-state index in [0.717, 1.165) is 12.0 Å². The predicted octanol–water partition coefficient (Wildman–Crippen LogP) is 5.07. The number of rotatable bonds is 5. The van der Waals surface area contributed by atoms with Gasteiger partial charge in [0.05, 0.1) is 12.2 Å². The Morgan fingerprint density at radius 2 is 1.83 bits per heavy atom. The molecule has 0 heterocycles. The maximum atomic E-state index is 11.6. The number of carbonyl (C=O) groups is 1. The fourth-order valence-corrected chi connectivity index (χ4v) is 1.74. The van der Waals surface area contributed by atoms with Gasteiger partial charge in [-0.3, -0.25) is 0 Å². The van der Waals surface area contributed by atoms with E-state index < -0.39 is 0 Å². The Bertz CT molecular complexity index is 658. The molecule has 120 valence electrons. The lowest BCUT2D eigenvalue weighted by Gasteiger charge is -2.00. The van der Waals surface area contributed by atoms with Crippen molar-refractivity contribution in [3.63, 3.8) is 0 Å². The van der Waals surface area contributed by atoms with Crippen molar-refractivity contribution in [3.05, 3.63) is 70.8 Å². The number of hydrogen-bond donors (Lipinski definition) is 0. The molecule has 0 spiro atoms. The van der Waals surface area contributed by atoms with Crippen LogP contribution in [0.2, 0.25) is 0 Å². The molecule has 0 saturated heterocycles. The highest BCUT2D eigenvalue weighted by Crippen LogP contribution is 2.06. The highest BCUT2D eigenvalue weighted by molar-refractivity contribution is 5.89. The molecule has 0 fully saturated rings. The Balaban J connectivity index is 2.72. The third-order valence-corrected chi connectivity index (χ3v) is 3.03. The number of benzene rings is 1. The van der Waals surface area contributed by atoms with E-state index in [1.54, 1.807) is 19.1 Å². The number of esters is 1. The molecular weight excluding hydrogens is 284 g/mol. The largest absolute Gasteiger partial charge is 0.462 e. The number of carbonyl (C=O) groups excluding carboxylic acids is 1. The van der Waals surface area contributed by atoms with Crippen LogP contribution in [0.25, 0.3) is 0 Å². The SMILES string of the molecule is CCOC(=O)c1ccc(C#C/C=C/C(=C/C=C(C)C)CC)cc1. The molecule has 0 bridgehead atoms. The summed E-state index contributed by atoms with van der Waals surface area (Å²) in [6.07, 6.45) is 9.06. The molecule has 0 unspecified atom stereocenters. The van der Waals surface area contributed by atoms with E-state index >= 15 is 0 Å². The summed E-state index contributed by atoms with van der Waals surface area (Å²) in [5.41, 5.74) is 3.93. The van der Waals surface area contributed by atoms with Gasteiger partial charge >= 0.3 is 5.97 Å². The molecule has 0 aliphatic heterocycles. The van der Waals surface area contributed by atoms with Gasteiger partial charge in [-0.05, 0) is 63.1 Å². The minimum Gasteiger partial charge on any atom is -0.462 e. The van der Waals surface area contributed by atoms with Crippen molar-refractivity contribution < 1.29 is 9.53 Å². The van der Waals surface area contributed by atoms with Gasteiger partial charge in [-0.1, -0.05) is 42.6 Å². The second kappa shape index (κ2) is 10.2. The normalized spacial score (nSPS) is 10.9. The summed E-state index contributed by atoms with van der Waals surface area (Å²) >= 11 is 0. The zero-order valence-corrected chi connectivity index (χ0v) is 14.3. The molecule has 2 nitrogen and oxygen atoms in total. The van der Waals surface area contributed by atoms with E-state index in [9.17, 15) is 4.79 Å². The van der Waals surface area contributed by atoms with Gasteiger partial charge in [0.2, 0.25) is 0 Å². The summed E-state index contributed by atoms with van der Waals surface area (Å²) in [5.74, 6) is 5.77. The third-order valence-electron chi connectivity index (χ3n) is 3.03. The third kappa shape index (κ3) is 7.33. The van der Waals surface area contributed by atoms with E-state index in [4.69, 9.17) is 4.74 Å². The smallest absolute Gasteiger partial charge is 0.338 e. The molecule has 0 radical (unpaired) electrons. The lowest BCUT2D eigenvalue weighted by atomic mass is 10.1. The lowest BCUT2D eigenvalue weighted by molar-refractivity contribution is 0.0526. The lowest BCUT2D eigenvalue weighted by Crippen LogP contribution is -2.03. The second-order valence-corrected chi connectivity index (χ2v) is 5.24. The molecule has 1 aromatic rings. The van der Waals surface area contributed by atoms with Gasteiger partial charge in [-0.2, -0.15) is 0 Å². The van der Waals surface area contributed by atoms with Crippen molar-refractivity contribution in [3.8, 4) is 11.8 Å². The molecule has 1 aromatic carbocycles. The molecule has 0 saturated carbocycles. The molecule has 1 rings (SSSR count). The van der Waals surface area contributed by atoms with Gasteiger partial charge in [0, 0.05) is 5.56 Å². The van der Waals surface area contributed by atoms with Crippen LogP contribution in [0.4, 0.5) is 0 Å². The Morgan fingerprint density at radius 1 is 1.13 bits per heavy atom. The van der Waals surface area contributed by atoms with Crippen LogP contribution < -0.4 is 0 Å². The highest BCUT2D eigenvalue weighted by Gasteiger charge is 2.04. The van der Waals surface area contributed by atoms with Crippen LogP contribution in [0.3, 0.4) is 0 Å². The van der Waals surface area contributed by atoms with Crippen LogP contribution in [-0.2, 0) is 4.74 Å². The maximum absolute atomic E-state index is 11.6. The average molecular weight is 308 g/mol. The Labute approximate surface area is 139 Å². The zero-order valence-electron chi connectivity index (χ0n) is 14.3. The van der Waals surface area contributed by atoms with Gasteiger partial charge in [-0.25, -0.2) is 4.79 Å². The summed E-state index contributed by atoms with van der Waals surface area (Å²) in [6, 6.07) is 7.12. The molecule has 0 N–H and O–H groups in total. The van der Waals surface area contributed by atoms with Crippen LogP contribution in [0.15, 0.2) is 59.7 Å². The first-order valence-electron chi connectivity index (χ1n) is 7.86. The van der Waals surface area contributed by atoms with Gasteiger partial charge in [0.1, 0.15) is 0 Å². The van der Waals surface area contributed by atoms with E-state index in [1.807, 2.05) is 24.3 Å². The fraction of sp³-hybridized carbons (Fsp3) is 0.286. The second-order valence-electron chi connectivity index (χ2n) is 5.24. The van der Waals surface area contributed by atoms with Crippen molar-refractivity contribution in [2.24, 2.45) is 0 Å². The van der Waals surface area contributed by atoms with Crippen LogP contribution in [0, 0.1) is 11.8 Å². The van der Waals surface area contributed by atoms with Crippen LogP contribution in [0.5, 0.6) is 0 Å². The van der Waals surface area contributed by atoms with Gasteiger partial charge in [0.15, 0.2) is 0 Å². The van der Waals surface area contributed by atoms with Crippen molar-refractivity contribution in [1.29, 1.82) is 0 Å². The highest BCUT2D eigenvalue weighted by atomic mass is 16.5. The average Bonchev–Trinajstić information content (AvgIpc) is 2.54. The number of allylic oxidation sites excluding steroid dienone is 6. The van der Waals surface area contributed by atoms with E-state index in [-0.39, 0.29) is 5.97 Å². The van der Waals surface area contributed by atoms with E-state index in [2.05, 4.69) is 44.8 Å². The van der Waals surface area contributed by atoms with Crippen LogP contribution >= 0.6 is 0 Å². The molecular formula is C21H24O2. The fourth-order valence-electron chi connectivity index (χ4n) is 1.74. The summed E-state index contributed by atoms with van der Waals surface area (Å²) in [4.78, 5) is 11.6. The van der Waals surface area contributed by atoms with Gasteiger partial charge in [-0.15, -0.1) is 0 Å². The minimum atomic E-state index is -0.302. The van der Waals surface area contributed by atoms with Crippen molar-refractivity contribution in [1.82, 2.24) is 0 Å². The molecule has 0 amide bonds. The molecule has 0 aliphatic carbocycles. The summed E-state index contributed by atoms with van der Waals surface area (Å²) in [6.45, 7) is 8.45. The van der Waals surface area contributed by atoms with Gasteiger partial charge < -0.3 is 4.74 Å². The first-order valence-corrected chi connectivity index (χ1v) is 7.86. The van der Waals surface area contributed by atoms with E-state index in [1.165, 1.54) is 11.1 Å². The quantitative estimate of drug-likeness (QED) is 0.431. The van der Waals surface area contributed by atoms with Crippen LogP contribution in [0.1, 0.15) is 50.0 Å². The topological polar surface area (TPSA) is 26.3 Å². The molecule has 0 atom stereocenters. The van der Waals surface area contributed by atoms with E-state index in [0.29, 0.717) is 12.2 Å². The standard InChI is InChI=1S/C21H24O2/c1-5-18(12-11-17(3)4)9-7-8-10-19-13-15-20(16-14-19)21(22)23-6-2/h7,9,11-16H,5-6H2,1-4H3/b9-7+,18-12+. The minimum absolute atomic E-state index is 0.302.